The Balaban J connectivity index is 2.05. The molecule has 1 fully saturated rings. The van der Waals surface area contributed by atoms with Gasteiger partial charge < -0.3 is 5.32 Å². The summed E-state index contributed by atoms with van der Waals surface area (Å²) >= 11 is 1.79. The number of nitrogens with one attached hydrogen (secondary N) is 1. The van der Waals surface area contributed by atoms with Gasteiger partial charge in [0.2, 0.25) is 5.91 Å². The van der Waals surface area contributed by atoms with E-state index in [0.717, 1.165) is 19.6 Å². The maximum atomic E-state index is 11.1. The number of thiophene rings is 1. The SMILES string of the molecule is CC(=O)NCC(c1cccs1)N1CCCCCC1. The summed E-state index contributed by atoms with van der Waals surface area (Å²) in [6.45, 7) is 4.63. The van der Waals surface area contributed by atoms with Crippen molar-refractivity contribution in [3.63, 3.8) is 0 Å². The minimum Gasteiger partial charge on any atom is -0.354 e. The van der Waals surface area contributed by atoms with E-state index in [4.69, 9.17) is 0 Å². The van der Waals surface area contributed by atoms with E-state index >= 15 is 0 Å². The largest absolute Gasteiger partial charge is 0.354 e. The molecule has 1 saturated heterocycles. The van der Waals surface area contributed by atoms with E-state index in [0.29, 0.717) is 6.04 Å². The minimum absolute atomic E-state index is 0.0615. The van der Waals surface area contributed by atoms with Gasteiger partial charge in [0, 0.05) is 18.3 Å². The van der Waals surface area contributed by atoms with Crippen LogP contribution in [0.5, 0.6) is 0 Å². The number of amides is 1. The lowest BCUT2D eigenvalue weighted by molar-refractivity contribution is -0.119. The molecule has 4 heteroatoms. The van der Waals surface area contributed by atoms with E-state index in [1.807, 2.05) is 0 Å². The molecule has 1 N–H and O–H groups in total. The molecular formula is C14H22N2OS. The normalized spacial score (nSPS) is 19.2. The van der Waals surface area contributed by atoms with Crippen molar-refractivity contribution in [1.29, 1.82) is 0 Å². The third kappa shape index (κ3) is 3.82. The van der Waals surface area contributed by atoms with Crippen LogP contribution < -0.4 is 5.32 Å². The quantitative estimate of drug-likeness (QED) is 0.909. The summed E-state index contributed by atoms with van der Waals surface area (Å²) < 4.78 is 0. The van der Waals surface area contributed by atoms with Gasteiger partial charge in [-0.25, -0.2) is 0 Å². The maximum Gasteiger partial charge on any atom is 0.216 e. The summed E-state index contributed by atoms with van der Waals surface area (Å²) in [6, 6.07) is 4.63. The molecule has 1 atom stereocenters. The Kier molecular flexibility index (Phi) is 5.20. The highest BCUT2D eigenvalue weighted by Crippen LogP contribution is 2.27. The molecule has 3 nitrogen and oxygen atoms in total. The molecule has 0 aromatic carbocycles. The first-order valence-corrected chi connectivity index (χ1v) is 7.67. The molecule has 2 heterocycles. The number of likely N-dealkylation sites (tertiary alicyclic amines) is 1. The molecule has 0 aliphatic carbocycles. The number of hydrogen-bond acceptors (Lipinski definition) is 3. The zero-order valence-electron chi connectivity index (χ0n) is 11.0. The van der Waals surface area contributed by atoms with Gasteiger partial charge in [0.15, 0.2) is 0 Å². The van der Waals surface area contributed by atoms with Gasteiger partial charge in [-0.15, -0.1) is 11.3 Å². The Morgan fingerprint density at radius 1 is 1.39 bits per heavy atom. The predicted molar refractivity (Wildman–Crippen MR) is 75.8 cm³/mol. The van der Waals surface area contributed by atoms with Crippen molar-refractivity contribution in [1.82, 2.24) is 10.2 Å². The van der Waals surface area contributed by atoms with Gasteiger partial charge in [-0.3, -0.25) is 9.69 Å². The van der Waals surface area contributed by atoms with Gasteiger partial charge in [0.05, 0.1) is 6.04 Å². The van der Waals surface area contributed by atoms with Crippen LogP contribution in [0.25, 0.3) is 0 Å². The van der Waals surface area contributed by atoms with Crippen LogP contribution in [0.4, 0.5) is 0 Å². The Bertz CT molecular complexity index is 356. The standard InChI is InChI=1S/C14H22N2OS/c1-12(17)15-11-13(14-7-6-10-18-14)16-8-4-2-3-5-9-16/h6-7,10,13H,2-5,8-9,11H2,1H3,(H,15,17). The van der Waals surface area contributed by atoms with E-state index in [1.165, 1.54) is 30.6 Å². The van der Waals surface area contributed by atoms with Crippen LogP contribution >= 0.6 is 11.3 Å². The smallest absolute Gasteiger partial charge is 0.216 e. The zero-order chi connectivity index (χ0) is 12.8. The average molecular weight is 266 g/mol. The summed E-state index contributed by atoms with van der Waals surface area (Å²) in [5, 5.41) is 5.10. The molecular weight excluding hydrogens is 244 g/mol. The van der Waals surface area contributed by atoms with Gasteiger partial charge in [0.25, 0.3) is 0 Å². The fraction of sp³-hybridized carbons (Fsp3) is 0.643. The van der Waals surface area contributed by atoms with Gasteiger partial charge in [-0.1, -0.05) is 18.9 Å². The molecule has 1 unspecified atom stereocenters. The molecule has 100 valence electrons. The van der Waals surface area contributed by atoms with Gasteiger partial charge in [-0.2, -0.15) is 0 Å². The molecule has 0 radical (unpaired) electrons. The molecule has 0 bridgehead atoms. The van der Waals surface area contributed by atoms with E-state index in [9.17, 15) is 4.79 Å². The molecule has 18 heavy (non-hydrogen) atoms. The second-order valence-electron chi connectivity index (χ2n) is 4.92. The van der Waals surface area contributed by atoms with Gasteiger partial charge in [0.1, 0.15) is 0 Å². The number of rotatable bonds is 4. The Hall–Kier alpha value is -0.870. The van der Waals surface area contributed by atoms with Crippen molar-refractivity contribution < 1.29 is 4.79 Å². The first kappa shape index (κ1) is 13.6. The van der Waals surface area contributed by atoms with Crippen LogP contribution in [0.2, 0.25) is 0 Å². The highest BCUT2D eigenvalue weighted by Gasteiger charge is 2.22. The summed E-state index contributed by atoms with van der Waals surface area (Å²) in [5.41, 5.74) is 0. The van der Waals surface area contributed by atoms with Crippen LogP contribution in [0.15, 0.2) is 17.5 Å². The summed E-state index contributed by atoms with van der Waals surface area (Å²) in [4.78, 5) is 15.0. The molecule has 1 aliphatic heterocycles. The zero-order valence-corrected chi connectivity index (χ0v) is 11.8. The van der Waals surface area contributed by atoms with Crippen molar-refractivity contribution in [3.8, 4) is 0 Å². The Morgan fingerprint density at radius 3 is 2.67 bits per heavy atom. The average Bonchev–Trinajstić information content (AvgIpc) is 2.73. The number of nitrogens with zero attached hydrogens (tertiary/aromatic N) is 1. The monoisotopic (exact) mass is 266 g/mol. The van der Waals surface area contributed by atoms with E-state index < -0.39 is 0 Å². The van der Waals surface area contributed by atoms with E-state index in [-0.39, 0.29) is 5.91 Å². The Labute approximate surface area is 113 Å². The molecule has 1 aromatic heterocycles. The summed E-state index contributed by atoms with van der Waals surface area (Å²) in [7, 11) is 0. The number of carbonyl (C=O) groups is 1. The Morgan fingerprint density at radius 2 is 2.11 bits per heavy atom. The van der Waals surface area contributed by atoms with Crippen molar-refractivity contribution in [2.24, 2.45) is 0 Å². The first-order valence-electron chi connectivity index (χ1n) is 6.79. The van der Waals surface area contributed by atoms with Crippen LogP contribution in [0.1, 0.15) is 43.5 Å². The van der Waals surface area contributed by atoms with Gasteiger partial charge >= 0.3 is 0 Å². The number of hydrogen-bond donors (Lipinski definition) is 1. The third-order valence-corrected chi connectivity index (χ3v) is 4.47. The lowest BCUT2D eigenvalue weighted by atomic mass is 10.2. The summed E-state index contributed by atoms with van der Waals surface area (Å²) in [5.74, 6) is 0.0615. The van der Waals surface area contributed by atoms with Crippen molar-refractivity contribution in [2.45, 2.75) is 38.6 Å². The van der Waals surface area contributed by atoms with Crippen molar-refractivity contribution in [2.75, 3.05) is 19.6 Å². The minimum atomic E-state index is 0.0615. The van der Waals surface area contributed by atoms with E-state index in [1.54, 1.807) is 18.3 Å². The fourth-order valence-corrected chi connectivity index (χ4v) is 3.40. The highest BCUT2D eigenvalue weighted by molar-refractivity contribution is 7.10. The lowest BCUT2D eigenvalue weighted by Crippen LogP contribution is -2.37. The van der Waals surface area contributed by atoms with Crippen LogP contribution in [-0.2, 0) is 4.79 Å². The number of carbonyl (C=O) groups excluding carboxylic acids is 1. The van der Waals surface area contributed by atoms with Crippen molar-refractivity contribution in [3.05, 3.63) is 22.4 Å². The van der Waals surface area contributed by atoms with Gasteiger partial charge in [-0.05, 0) is 37.4 Å². The fourth-order valence-electron chi connectivity index (χ4n) is 2.54. The van der Waals surface area contributed by atoms with Crippen LogP contribution in [-0.4, -0.2) is 30.4 Å². The highest BCUT2D eigenvalue weighted by atomic mass is 32.1. The molecule has 1 amide bonds. The lowest BCUT2D eigenvalue weighted by Gasteiger charge is -2.30. The predicted octanol–water partition coefficient (Wildman–Crippen LogP) is 2.80. The maximum absolute atomic E-state index is 11.1. The third-order valence-electron chi connectivity index (χ3n) is 3.50. The molecule has 1 aromatic rings. The second kappa shape index (κ2) is 6.90. The molecule has 1 aliphatic rings. The summed E-state index contributed by atoms with van der Waals surface area (Å²) in [6.07, 6.45) is 5.24. The van der Waals surface area contributed by atoms with E-state index in [2.05, 4.69) is 27.7 Å². The van der Waals surface area contributed by atoms with Crippen LogP contribution in [0.3, 0.4) is 0 Å². The molecule has 2 rings (SSSR count). The van der Waals surface area contributed by atoms with Crippen molar-refractivity contribution >= 4 is 17.2 Å². The first-order chi connectivity index (χ1) is 8.77. The second-order valence-corrected chi connectivity index (χ2v) is 5.90. The van der Waals surface area contributed by atoms with Crippen LogP contribution in [0, 0.1) is 0 Å². The topological polar surface area (TPSA) is 32.3 Å². The molecule has 0 spiro atoms. The molecule has 0 saturated carbocycles.